The summed E-state index contributed by atoms with van der Waals surface area (Å²) in [5, 5.41) is 22.2. The molecule has 0 radical (unpaired) electrons. The van der Waals surface area contributed by atoms with Crippen LogP contribution in [0.15, 0.2) is 48.5 Å². The Morgan fingerprint density at radius 2 is 1.84 bits per heavy atom. The summed E-state index contributed by atoms with van der Waals surface area (Å²) in [6.45, 7) is 2.08. The van der Waals surface area contributed by atoms with Crippen molar-refractivity contribution in [2.45, 2.75) is 38.6 Å². The molecule has 0 aliphatic carbocycles. The van der Waals surface area contributed by atoms with E-state index >= 15 is 0 Å². The lowest BCUT2D eigenvalue weighted by Gasteiger charge is -2.21. The largest absolute Gasteiger partial charge is 0.378 e. The van der Waals surface area contributed by atoms with Gasteiger partial charge in [0.2, 0.25) is 0 Å². The Labute approximate surface area is 146 Å². The molecule has 2 aromatic carbocycles. The first kappa shape index (κ1) is 18.6. The first-order valence-electron chi connectivity index (χ1n) is 8.32. The first-order chi connectivity index (χ1) is 12.0. The van der Waals surface area contributed by atoms with Gasteiger partial charge < -0.3 is 10.7 Å². The second-order valence-electron chi connectivity index (χ2n) is 5.96. The van der Waals surface area contributed by atoms with Gasteiger partial charge in [-0.25, -0.2) is 4.39 Å². The number of rotatable bonds is 9. The Bertz CT molecular complexity index is 714. The van der Waals surface area contributed by atoms with Crippen LogP contribution in [0.25, 0.3) is 0 Å². The molecular formula is C19H22FN3O2. The van der Waals surface area contributed by atoms with Gasteiger partial charge in [0.1, 0.15) is 5.82 Å². The Morgan fingerprint density at radius 3 is 2.40 bits per heavy atom. The van der Waals surface area contributed by atoms with Gasteiger partial charge in [0.05, 0.1) is 11.0 Å². The van der Waals surface area contributed by atoms with Crippen LogP contribution in [-0.4, -0.2) is 10.6 Å². The summed E-state index contributed by atoms with van der Waals surface area (Å²) < 4.78 is 13.2. The maximum atomic E-state index is 13.2. The van der Waals surface area contributed by atoms with Crippen LogP contribution >= 0.6 is 0 Å². The normalized spacial score (nSPS) is 11.8. The van der Waals surface area contributed by atoms with E-state index in [0.717, 1.165) is 30.5 Å². The molecule has 0 fully saturated rings. The number of unbranched alkanes of at least 4 members (excludes halogenated alkanes) is 1. The van der Waals surface area contributed by atoms with E-state index in [4.69, 9.17) is 5.41 Å². The molecule has 1 atom stereocenters. The molecule has 2 N–H and O–H groups in total. The highest BCUT2D eigenvalue weighted by atomic mass is 19.1. The third-order valence-corrected chi connectivity index (χ3v) is 3.97. The quantitative estimate of drug-likeness (QED) is 0.359. The molecular weight excluding hydrogens is 321 g/mol. The summed E-state index contributed by atoms with van der Waals surface area (Å²) in [5.74, 6) is -0.307. The van der Waals surface area contributed by atoms with Gasteiger partial charge in [0.15, 0.2) is 0 Å². The van der Waals surface area contributed by atoms with Gasteiger partial charge in [-0.05, 0) is 42.7 Å². The number of nitro benzene ring substituents is 1. The van der Waals surface area contributed by atoms with Crippen LogP contribution in [-0.2, 0) is 0 Å². The highest BCUT2D eigenvalue weighted by molar-refractivity contribution is 5.82. The monoisotopic (exact) mass is 343 g/mol. The van der Waals surface area contributed by atoms with Crippen molar-refractivity contribution in [1.82, 2.24) is 0 Å². The predicted octanol–water partition coefficient (Wildman–Crippen LogP) is 5.49. The van der Waals surface area contributed by atoms with Crippen molar-refractivity contribution in [3.05, 3.63) is 70.0 Å². The standard InChI is InChI=1S/C19H22FN3O2/c1-2-3-4-16(21)13-19(14-5-7-15(20)8-6-14)22-17-9-11-18(12-10-17)23(24)25/h5-12,19,21-22H,2-4,13H2,1H3. The average Bonchev–Trinajstić information content (AvgIpc) is 2.60. The highest BCUT2D eigenvalue weighted by Gasteiger charge is 2.15. The number of anilines is 1. The average molecular weight is 343 g/mol. The summed E-state index contributed by atoms with van der Waals surface area (Å²) in [5.41, 5.74) is 2.26. The fourth-order valence-electron chi connectivity index (χ4n) is 2.57. The van der Waals surface area contributed by atoms with E-state index in [1.165, 1.54) is 24.3 Å². The Kier molecular flexibility index (Phi) is 6.62. The fraction of sp³-hybridized carbons (Fsp3) is 0.316. The molecule has 0 saturated carbocycles. The maximum absolute atomic E-state index is 13.2. The van der Waals surface area contributed by atoms with Crippen LogP contribution in [0.3, 0.4) is 0 Å². The number of nitro groups is 1. The van der Waals surface area contributed by atoms with Gasteiger partial charge in [-0.15, -0.1) is 0 Å². The number of benzene rings is 2. The van der Waals surface area contributed by atoms with Crippen molar-refractivity contribution in [1.29, 1.82) is 5.41 Å². The van der Waals surface area contributed by atoms with Crippen molar-refractivity contribution >= 4 is 17.1 Å². The molecule has 0 aromatic heterocycles. The van der Waals surface area contributed by atoms with E-state index in [1.807, 2.05) is 0 Å². The Morgan fingerprint density at radius 1 is 1.20 bits per heavy atom. The molecule has 2 rings (SSSR count). The van der Waals surface area contributed by atoms with E-state index in [-0.39, 0.29) is 17.5 Å². The summed E-state index contributed by atoms with van der Waals surface area (Å²) in [7, 11) is 0. The number of halogens is 1. The first-order valence-corrected chi connectivity index (χ1v) is 8.32. The molecule has 0 bridgehead atoms. The zero-order valence-corrected chi connectivity index (χ0v) is 14.2. The molecule has 1 unspecified atom stereocenters. The number of non-ortho nitro benzene ring substituents is 1. The van der Waals surface area contributed by atoms with E-state index < -0.39 is 4.92 Å². The van der Waals surface area contributed by atoms with Gasteiger partial charge in [0, 0.05) is 30.0 Å². The van der Waals surface area contributed by atoms with Gasteiger partial charge in [-0.3, -0.25) is 10.1 Å². The van der Waals surface area contributed by atoms with Crippen LogP contribution in [0.4, 0.5) is 15.8 Å². The minimum atomic E-state index is -0.443. The second-order valence-corrected chi connectivity index (χ2v) is 5.96. The molecule has 2 aromatic rings. The highest BCUT2D eigenvalue weighted by Crippen LogP contribution is 2.25. The van der Waals surface area contributed by atoms with Gasteiger partial charge in [0.25, 0.3) is 5.69 Å². The lowest BCUT2D eigenvalue weighted by Crippen LogP contribution is -2.15. The van der Waals surface area contributed by atoms with Crippen molar-refractivity contribution in [3.8, 4) is 0 Å². The van der Waals surface area contributed by atoms with Crippen molar-refractivity contribution in [2.75, 3.05) is 5.32 Å². The zero-order valence-electron chi connectivity index (χ0n) is 14.2. The molecule has 132 valence electrons. The maximum Gasteiger partial charge on any atom is 0.269 e. The van der Waals surface area contributed by atoms with Crippen LogP contribution in [0, 0.1) is 21.3 Å². The number of hydrogen-bond donors (Lipinski definition) is 2. The summed E-state index contributed by atoms with van der Waals surface area (Å²) in [4.78, 5) is 10.3. The smallest absolute Gasteiger partial charge is 0.269 e. The van der Waals surface area contributed by atoms with Crippen LogP contribution < -0.4 is 5.32 Å². The SMILES string of the molecule is CCCCC(=N)CC(Nc1ccc([N+](=O)[O-])cc1)c1ccc(F)cc1. The van der Waals surface area contributed by atoms with Gasteiger partial charge in [-0.1, -0.05) is 25.5 Å². The molecule has 0 aliphatic heterocycles. The molecule has 0 aliphatic rings. The summed E-state index contributed by atoms with van der Waals surface area (Å²) in [6.07, 6.45) is 3.23. The molecule has 0 amide bonds. The zero-order chi connectivity index (χ0) is 18.2. The number of nitrogens with one attached hydrogen (secondary N) is 2. The lowest BCUT2D eigenvalue weighted by molar-refractivity contribution is -0.384. The molecule has 0 spiro atoms. The Hall–Kier alpha value is -2.76. The van der Waals surface area contributed by atoms with E-state index in [1.54, 1.807) is 24.3 Å². The Balaban J connectivity index is 2.16. The molecule has 6 heteroatoms. The van der Waals surface area contributed by atoms with Crippen LogP contribution in [0.2, 0.25) is 0 Å². The fourth-order valence-corrected chi connectivity index (χ4v) is 2.57. The van der Waals surface area contributed by atoms with E-state index in [0.29, 0.717) is 12.1 Å². The van der Waals surface area contributed by atoms with Gasteiger partial charge >= 0.3 is 0 Å². The molecule has 5 nitrogen and oxygen atoms in total. The molecule has 0 heterocycles. The number of nitrogens with zero attached hydrogens (tertiary/aromatic N) is 1. The molecule has 25 heavy (non-hydrogen) atoms. The van der Waals surface area contributed by atoms with Crippen molar-refractivity contribution < 1.29 is 9.31 Å². The second kappa shape index (κ2) is 8.92. The number of hydrogen-bond acceptors (Lipinski definition) is 4. The van der Waals surface area contributed by atoms with E-state index in [2.05, 4.69) is 12.2 Å². The van der Waals surface area contributed by atoms with Gasteiger partial charge in [-0.2, -0.15) is 0 Å². The van der Waals surface area contributed by atoms with Crippen molar-refractivity contribution in [2.24, 2.45) is 0 Å². The van der Waals surface area contributed by atoms with E-state index in [9.17, 15) is 14.5 Å². The summed E-state index contributed by atoms with van der Waals surface area (Å²) in [6, 6.07) is 12.2. The van der Waals surface area contributed by atoms with Crippen LogP contribution in [0.1, 0.15) is 44.2 Å². The molecule has 0 saturated heterocycles. The third kappa shape index (κ3) is 5.67. The summed E-state index contributed by atoms with van der Waals surface area (Å²) >= 11 is 0. The minimum absolute atomic E-state index is 0.0274. The topological polar surface area (TPSA) is 79.0 Å². The minimum Gasteiger partial charge on any atom is -0.378 e. The van der Waals surface area contributed by atoms with Crippen LogP contribution in [0.5, 0.6) is 0 Å². The lowest BCUT2D eigenvalue weighted by atomic mass is 9.98. The third-order valence-electron chi connectivity index (χ3n) is 3.97. The van der Waals surface area contributed by atoms with Crippen molar-refractivity contribution in [3.63, 3.8) is 0 Å². The predicted molar refractivity (Wildman–Crippen MR) is 97.7 cm³/mol.